The Morgan fingerprint density at radius 1 is 1.33 bits per heavy atom. The number of rotatable bonds is 2. The molecule has 0 radical (unpaired) electrons. The zero-order valence-corrected chi connectivity index (χ0v) is 9.08. The quantitative estimate of drug-likeness (QED) is 0.572. The van der Waals surface area contributed by atoms with Crippen molar-refractivity contribution in [3.05, 3.63) is 12.1 Å². The van der Waals surface area contributed by atoms with Gasteiger partial charge in [0.05, 0.1) is 10.8 Å². The maximum atomic E-state index is 4.69. The molecular weight excluding hydrogens is 212 g/mol. The monoisotopic (exact) mass is 220 g/mol. The highest BCUT2D eigenvalue weighted by molar-refractivity contribution is 7.78. The Kier molecular flexibility index (Phi) is 2.45. The summed E-state index contributed by atoms with van der Waals surface area (Å²) in [6, 6.07) is 3.69. The van der Waals surface area contributed by atoms with Crippen molar-refractivity contribution in [2.75, 3.05) is 19.0 Å². The predicted molar refractivity (Wildman–Crippen MR) is 60.8 cm³/mol. The van der Waals surface area contributed by atoms with Crippen LogP contribution in [0.2, 0.25) is 0 Å². The van der Waals surface area contributed by atoms with Gasteiger partial charge < -0.3 is 4.90 Å². The van der Waals surface area contributed by atoms with Crippen molar-refractivity contribution >= 4 is 39.8 Å². The van der Waals surface area contributed by atoms with E-state index >= 15 is 0 Å². The maximum absolute atomic E-state index is 4.69. The Labute approximate surface area is 91.4 Å². The second-order valence-corrected chi connectivity index (χ2v) is 3.35. The normalized spacial score (nSPS) is 10.0. The first-order valence-electron chi connectivity index (χ1n) is 4.24. The number of fused-ring (bicyclic) bond motifs is 1. The molecule has 1 heterocycles. The summed E-state index contributed by atoms with van der Waals surface area (Å²) in [6.45, 7) is 0. The molecule has 76 valence electrons. The fraction of sp³-hybridized carbons (Fsp3) is 0.222. The van der Waals surface area contributed by atoms with Gasteiger partial charge in [-0.1, -0.05) is 0 Å². The van der Waals surface area contributed by atoms with Gasteiger partial charge in [-0.15, -0.1) is 0 Å². The zero-order chi connectivity index (χ0) is 10.8. The molecule has 6 heteroatoms. The molecule has 15 heavy (non-hydrogen) atoms. The molecule has 2 aromatic rings. The number of thiocarbonyl (C=S) groups is 1. The van der Waals surface area contributed by atoms with Gasteiger partial charge in [0.15, 0.2) is 11.0 Å². The van der Waals surface area contributed by atoms with Crippen LogP contribution in [0.5, 0.6) is 0 Å². The van der Waals surface area contributed by atoms with E-state index in [1.54, 1.807) is 6.07 Å². The van der Waals surface area contributed by atoms with E-state index in [9.17, 15) is 0 Å². The SMILES string of the molecule is CN(C)c1ccc(N=C=S)c2nonc12. The van der Waals surface area contributed by atoms with Gasteiger partial charge >= 0.3 is 0 Å². The van der Waals surface area contributed by atoms with Crippen molar-refractivity contribution in [2.45, 2.75) is 0 Å². The van der Waals surface area contributed by atoms with Gasteiger partial charge in [-0.3, -0.25) is 0 Å². The Bertz CT molecular complexity index is 542. The van der Waals surface area contributed by atoms with E-state index < -0.39 is 0 Å². The summed E-state index contributed by atoms with van der Waals surface area (Å²) >= 11 is 4.55. The number of nitrogens with zero attached hydrogens (tertiary/aromatic N) is 4. The van der Waals surface area contributed by atoms with Crippen molar-refractivity contribution in [3.63, 3.8) is 0 Å². The minimum absolute atomic E-state index is 0.596. The fourth-order valence-electron chi connectivity index (χ4n) is 1.34. The van der Waals surface area contributed by atoms with Crippen LogP contribution in [0.4, 0.5) is 11.4 Å². The van der Waals surface area contributed by atoms with E-state index in [2.05, 4.69) is 32.7 Å². The Morgan fingerprint density at radius 2 is 2.07 bits per heavy atom. The lowest BCUT2D eigenvalue weighted by Crippen LogP contribution is -2.08. The van der Waals surface area contributed by atoms with Gasteiger partial charge in [0, 0.05) is 14.1 Å². The molecule has 0 bridgehead atoms. The number of isothiocyanates is 1. The average Bonchev–Trinajstić information content (AvgIpc) is 2.66. The largest absolute Gasteiger partial charge is 0.376 e. The molecule has 0 N–H and O–H groups in total. The van der Waals surface area contributed by atoms with Gasteiger partial charge in [0.25, 0.3) is 0 Å². The first-order valence-corrected chi connectivity index (χ1v) is 4.65. The van der Waals surface area contributed by atoms with Crippen molar-refractivity contribution in [3.8, 4) is 0 Å². The number of hydrogen-bond acceptors (Lipinski definition) is 6. The first kappa shape index (κ1) is 9.76. The Balaban J connectivity index is 2.76. The summed E-state index contributed by atoms with van der Waals surface area (Å²) < 4.78 is 4.69. The summed E-state index contributed by atoms with van der Waals surface area (Å²) in [7, 11) is 3.84. The molecule has 5 nitrogen and oxygen atoms in total. The van der Waals surface area contributed by atoms with Crippen LogP contribution in [0.15, 0.2) is 21.8 Å². The molecule has 1 aromatic carbocycles. The topological polar surface area (TPSA) is 54.5 Å². The Hall–Kier alpha value is -1.78. The number of hydrogen-bond donors (Lipinski definition) is 0. The summed E-state index contributed by atoms with van der Waals surface area (Å²) in [5.74, 6) is 0. The molecule has 0 unspecified atom stereocenters. The lowest BCUT2D eigenvalue weighted by atomic mass is 10.2. The second-order valence-electron chi connectivity index (χ2n) is 3.16. The van der Waals surface area contributed by atoms with Crippen LogP contribution in [-0.2, 0) is 0 Å². The third-order valence-corrected chi connectivity index (χ3v) is 2.11. The van der Waals surface area contributed by atoms with Crippen molar-refractivity contribution in [1.82, 2.24) is 10.3 Å². The maximum Gasteiger partial charge on any atom is 0.163 e. The summed E-state index contributed by atoms with van der Waals surface area (Å²) in [4.78, 5) is 5.82. The third-order valence-electron chi connectivity index (χ3n) is 2.02. The van der Waals surface area contributed by atoms with E-state index in [0.717, 1.165) is 5.69 Å². The standard InChI is InChI=1S/C9H8N4OS/c1-13(2)7-4-3-6(10-5-15)8-9(7)12-14-11-8/h3-4H,1-2H3. The highest BCUT2D eigenvalue weighted by Gasteiger charge is 2.12. The smallest absolute Gasteiger partial charge is 0.163 e. The van der Waals surface area contributed by atoms with Crippen LogP contribution in [0.3, 0.4) is 0 Å². The number of anilines is 1. The van der Waals surface area contributed by atoms with Crippen LogP contribution in [0.25, 0.3) is 11.0 Å². The molecule has 0 aliphatic heterocycles. The van der Waals surface area contributed by atoms with E-state index in [1.165, 1.54) is 0 Å². The van der Waals surface area contributed by atoms with Gasteiger partial charge in [0.2, 0.25) is 0 Å². The number of benzene rings is 1. The zero-order valence-electron chi connectivity index (χ0n) is 8.26. The lowest BCUT2D eigenvalue weighted by Gasteiger charge is -2.11. The number of aliphatic imine (C=N–C) groups is 1. The molecule has 1 aromatic heterocycles. The van der Waals surface area contributed by atoms with Crippen molar-refractivity contribution < 1.29 is 4.63 Å². The average molecular weight is 220 g/mol. The van der Waals surface area contributed by atoms with Crippen LogP contribution in [-0.4, -0.2) is 29.6 Å². The predicted octanol–water partition coefficient (Wildman–Crippen LogP) is 2.02. The van der Waals surface area contributed by atoms with Gasteiger partial charge in [-0.05, 0) is 34.7 Å². The minimum atomic E-state index is 0.596. The molecular formula is C9H8N4OS. The molecule has 0 aliphatic rings. The van der Waals surface area contributed by atoms with E-state index in [-0.39, 0.29) is 0 Å². The Morgan fingerprint density at radius 3 is 2.73 bits per heavy atom. The molecule has 0 saturated carbocycles. The number of aromatic nitrogens is 2. The van der Waals surface area contributed by atoms with E-state index in [1.807, 2.05) is 25.1 Å². The van der Waals surface area contributed by atoms with Crippen molar-refractivity contribution in [1.29, 1.82) is 0 Å². The highest BCUT2D eigenvalue weighted by atomic mass is 32.1. The molecule has 2 rings (SSSR count). The van der Waals surface area contributed by atoms with Crippen LogP contribution in [0, 0.1) is 0 Å². The fourth-order valence-corrected chi connectivity index (χ4v) is 1.44. The summed E-state index contributed by atoms with van der Waals surface area (Å²) in [6.07, 6.45) is 0. The molecule has 0 spiro atoms. The van der Waals surface area contributed by atoms with Gasteiger partial charge in [-0.25, -0.2) is 4.63 Å². The summed E-state index contributed by atoms with van der Waals surface area (Å²) in [5, 5.41) is 9.92. The van der Waals surface area contributed by atoms with E-state index in [0.29, 0.717) is 16.7 Å². The molecule has 0 atom stereocenters. The van der Waals surface area contributed by atoms with E-state index in [4.69, 9.17) is 4.63 Å². The van der Waals surface area contributed by atoms with Crippen LogP contribution in [0.1, 0.15) is 0 Å². The minimum Gasteiger partial charge on any atom is -0.376 e. The molecule has 0 amide bonds. The molecule has 0 aliphatic carbocycles. The lowest BCUT2D eigenvalue weighted by molar-refractivity contribution is 0.315. The van der Waals surface area contributed by atoms with Gasteiger partial charge in [0.1, 0.15) is 5.69 Å². The van der Waals surface area contributed by atoms with Gasteiger partial charge in [-0.2, -0.15) is 4.99 Å². The first-order chi connectivity index (χ1) is 7.24. The van der Waals surface area contributed by atoms with Crippen molar-refractivity contribution in [2.24, 2.45) is 4.99 Å². The third kappa shape index (κ3) is 1.60. The molecule has 0 saturated heterocycles. The molecule has 0 fully saturated rings. The summed E-state index contributed by atoms with van der Waals surface area (Å²) in [5.41, 5.74) is 2.81. The van der Waals surface area contributed by atoms with Crippen LogP contribution >= 0.6 is 12.2 Å². The van der Waals surface area contributed by atoms with Crippen LogP contribution < -0.4 is 4.90 Å². The second kappa shape index (κ2) is 3.76. The highest BCUT2D eigenvalue weighted by Crippen LogP contribution is 2.30.